The summed E-state index contributed by atoms with van der Waals surface area (Å²) < 4.78 is 0. The van der Waals surface area contributed by atoms with Gasteiger partial charge in [0.25, 0.3) is 5.69 Å². The summed E-state index contributed by atoms with van der Waals surface area (Å²) >= 11 is 6.94. The Morgan fingerprint density at radius 3 is 2.13 bits per heavy atom. The van der Waals surface area contributed by atoms with Crippen molar-refractivity contribution in [2.45, 2.75) is 23.0 Å². The molecule has 0 unspecified atom stereocenters. The van der Waals surface area contributed by atoms with Crippen LogP contribution in [0.2, 0.25) is 0 Å². The molecule has 0 heterocycles. The number of ketones is 1. The number of nitrogens with zero attached hydrogens (tertiary/aromatic N) is 1. The summed E-state index contributed by atoms with van der Waals surface area (Å²) in [6, 6.07) is 13.7. The van der Waals surface area contributed by atoms with Crippen LogP contribution in [0.15, 0.2) is 48.5 Å². The van der Waals surface area contributed by atoms with Gasteiger partial charge in [-0.25, -0.2) is 0 Å². The van der Waals surface area contributed by atoms with Crippen molar-refractivity contribution in [1.29, 1.82) is 0 Å². The van der Waals surface area contributed by atoms with Crippen molar-refractivity contribution in [2.75, 3.05) is 0 Å². The Bertz CT molecular complexity index is 699. The van der Waals surface area contributed by atoms with Gasteiger partial charge in [-0.3, -0.25) is 14.9 Å². The highest BCUT2D eigenvalue weighted by Crippen LogP contribution is 2.34. The molecular formula is C17H15Br2NO3. The fraction of sp³-hybridized carbons (Fsp3) is 0.235. The predicted octanol–water partition coefficient (Wildman–Crippen LogP) is 5.24. The van der Waals surface area contributed by atoms with Crippen molar-refractivity contribution >= 4 is 43.3 Å². The van der Waals surface area contributed by atoms with Crippen LogP contribution in [0.1, 0.15) is 33.2 Å². The number of halogens is 2. The average Bonchev–Trinajstić information content (AvgIpc) is 2.60. The van der Waals surface area contributed by atoms with Crippen LogP contribution in [0.5, 0.6) is 0 Å². The van der Waals surface area contributed by atoms with Gasteiger partial charge in [0.15, 0.2) is 5.78 Å². The molecule has 0 amide bonds. The maximum atomic E-state index is 12.5. The third kappa shape index (κ3) is 4.26. The number of carbonyl (C=O) groups is 1. The number of aryl methyl sites for hydroxylation is 1. The second-order valence-electron chi connectivity index (χ2n) is 5.07. The van der Waals surface area contributed by atoms with Crippen molar-refractivity contribution < 1.29 is 9.72 Å². The number of Topliss-reactive ketones (excluding diaryl/α,β-unsaturated/α-hetero) is 1. The molecule has 0 aromatic heterocycles. The highest BCUT2D eigenvalue weighted by molar-refractivity contribution is 9.12. The Morgan fingerprint density at radius 2 is 1.65 bits per heavy atom. The van der Waals surface area contributed by atoms with E-state index in [4.69, 9.17) is 0 Å². The van der Waals surface area contributed by atoms with Gasteiger partial charge in [0, 0.05) is 17.7 Å². The van der Waals surface area contributed by atoms with Gasteiger partial charge in [0.2, 0.25) is 0 Å². The van der Waals surface area contributed by atoms with Gasteiger partial charge in [-0.2, -0.15) is 0 Å². The molecule has 0 aliphatic rings. The largest absolute Gasteiger partial charge is 0.293 e. The summed E-state index contributed by atoms with van der Waals surface area (Å²) in [4.78, 5) is 22.1. The maximum Gasteiger partial charge on any atom is 0.269 e. The van der Waals surface area contributed by atoms with Crippen LogP contribution in [0.4, 0.5) is 5.69 Å². The molecule has 2 aromatic rings. The first-order chi connectivity index (χ1) is 10.9. The molecule has 0 bridgehead atoms. The minimum Gasteiger partial charge on any atom is -0.293 e. The van der Waals surface area contributed by atoms with Crippen LogP contribution >= 0.6 is 31.9 Å². The van der Waals surface area contributed by atoms with E-state index in [1.807, 2.05) is 24.3 Å². The van der Waals surface area contributed by atoms with E-state index in [0.717, 1.165) is 12.0 Å². The zero-order valence-corrected chi connectivity index (χ0v) is 15.6. The molecule has 6 heteroatoms. The number of hydrogen-bond acceptors (Lipinski definition) is 3. The first-order valence-electron chi connectivity index (χ1n) is 7.09. The number of carbonyl (C=O) groups excluding carboxylic acids is 1. The van der Waals surface area contributed by atoms with Crippen LogP contribution in [-0.2, 0) is 6.42 Å². The summed E-state index contributed by atoms with van der Waals surface area (Å²) in [5, 5.41) is 10.7. The van der Waals surface area contributed by atoms with Gasteiger partial charge in [0.1, 0.15) is 0 Å². The minimum atomic E-state index is -0.462. The molecule has 2 atom stereocenters. The van der Waals surface area contributed by atoms with E-state index in [1.165, 1.54) is 17.7 Å². The number of hydrogen-bond donors (Lipinski definition) is 0. The van der Waals surface area contributed by atoms with Gasteiger partial charge in [-0.15, -0.1) is 0 Å². The summed E-state index contributed by atoms with van der Waals surface area (Å²) in [7, 11) is 0. The van der Waals surface area contributed by atoms with Crippen molar-refractivity contribution in [1.82, 2.24) is 0 Å². The molecule has 0 aliphatic carbocycles. The molecule has 2 rings (SSSR count). The lowest BCUT2D eigenvalue weighted by Gasteiger charge is -2.16. The Morgan fingerprint density at radius 1 is 1.09 bits per heavy atom. The summed E-state index contributed by atoms with van der Waals surface area (Å²) in [5.41, 5.74) is 2.64. The molecule has 0 saturated carbocycles. The summed E-state index contributed by atoms with van der Waals surface area (Å²) in [5.74, 6) is -0.0344. The zero-order valence-electron chi connectivity index (χ0n) is 12.4. The molecule has 2 aromatic carbocycles. The smallest absolute Gasteiger partial charge is 0.269 e. The average molecular weight is 441 g/mol. The highest BCUT2D eigenvalue weighted by atomic mass is 79.9. The van der Waals surface area contributed by atoms with Crippen molar-refractivity contribution in [3.63, 3.8) is 0 Å². The van der Waals surface area contributed by atoms with Gasteiger partial charge in [0.05, 0.1) is 14.6 Å². The summed E-state index contributed by atoms with van der Waals surface area (Å²) in [6.45, 7) is 2.06. The van der Waals surface area contributed by atoms with Gasteiger partial charge in [-0.1, -0.05) is 75.2 Å². The normalized spacial score (nSPS) is 13.3. The third-order valence-corrected chi connectivity index (χ3v) is 6.29. The van der Waals surface area contributed by atoms with E-state index in [2.05, 4.69) is 38.8 Å². The molecule has 0 spiro atoms. The van der Waals surface area contributed by atoms with E-state index in [1.54, 1.807) is 12.1 Å². The molecule has 0 radical (unpaired) electrons. The molecular weight excluding hydrogens is 426 g/mol. The van der Waals surface area contributed by atoms with Crippen LogP contribution in [0.3, 0.4) is 0 Å². The maximum absolute atomic E-state index is 12.5. The van der Waals surface area contributed by atoms with E-state index < -0.39 is 9.75 Å². The number of alkyl halides is 2. The molecule has 4 nitrogen and oxygen atoms in total. The van der Waals surface area contributed by atoms with Crippen LogP contribution < -0.4 is 0 Å². The van der Waals surface area contributed by atoms with Crippen molar-refractivity contribution in [3.8, 4) is 0 Å². The van der Waals surface area contributed by atoms with Crippen molar-refractivity contribution in [3.05, 3.63) is 75.3 Å². The zero-order chi connectivity index (χ0) is 17.0. The molecule has 23 heavy (non-hydrogen) atoms. The van der Waals surface area contributed by atoms with E-state index in [-0.39, 0.29) is 16.3 Å². The first-order valence-corrected chi connectivity index (χ1v) is 8.92. The molecule has 120 valence electrons. The van der Waals surface area contributed by atoms with E-state index in [9.17, 15) is 14.9 Å². The second kappa shape index (κ2) is 7.84. The topological polar surface area (TPSA) is 60.2 Å². The van der Waals surface area contributed by atoms with Gasteiger partial charge in [-0.05, 0) is 17.5 Å². The molecule has 0 saturated heterocycles. The lowest BCUT2D eigenvalue weighted by Crippen LogP contribution is -2.19. The number of rotatable bonds is 6. The van der Waals surface area contributed by atoms with E-state index >= 15 is 0 Å². The quantitative estimate of drug-likeness (QED) is 0.267. The van der Waals surface area contributed by atoms with Crippen LogP contribution in [0, 0.1) is 10.1 Å². The fourth-order valence-corrected chi connectivity index (χ4v) is 3.26. The Balaban J connectivity index is 2.15. The van der Waals surface area contributed by atoms with E-state index in [0.29, 0.717) is 5.56 Å². The third-order valence-electron chi connectivity index (χ3n) is 3.58. The molecule has 0 fully saturated rings. The highest BCUT2D eigenvalue weighted by Gasteiger charge is 2.26. The lowest BCUT2D eigenvalue weighted by atomic mass is 10.0. The van der Waals surface area contributed by atoms with Crippen molar-refractivity contribution in [2.24, 2.45) is 0 Å². The Labute approximate surface area is 151 Å². The van der Waals surface area contributed by atoms with Crippen LogP contribution in [0.25, 0.3) is 0 Å². The first kappa shape index (κ1) is 17.8. The van der Waals surface area contributed by atoms with Gasteiger partial charge < -0.3 is 0 Å². The second-order valence-corrected chi connectivity index (χ2v) is 7.04. The Hall–Kier alpha value is -1.53. The number of nitro groups is 1. The Kier molecular flexibility index (Phi) is 6.07. The predicted molar refractivity (Wildman–Crippen MR) is 97.6 cm³/mol. The molecule has 0 N–H and O–H groups in total. The van der Waals surface area contributed by atoms with Crippen LogP contribution in [-0.4, -0.2) is 15.5 Å². The molecule has 0 aliphatic heterocycles. The van der Waals surface area contributed by atoms with Gasteiger partial charge >= 0.3 is 0 Å². The number of nitro benzene ring substituents is 1. The number of benzene rings is 2. The SMILES string of the molecule is CCc1ccc(C(=O)[C@H](Br)[C@H](Br)c2ccc([N+](=O)[O-])cc2)cc1. The standard InChI is InChI=1S/C17H15Br2NO3/c1-2-11-3-5-13(6-4-11)17(21)16(19)15(18)12-7-9-14(10-8-12)20(22)23/h3-10,15-16H,2H2,1H3/t15-,16-/m1/s1. The lowest BCUT2D eigenvalue weighted by molar-refractivity contribution is -0.384. The summed E-state index contributed by atoms with van der Waals surface area (Å²) in [6.07, 6.45) is 0.927. The fourth-order valence-electron chi connectivity index (χ4n) is 2.15. The number of non-ortho nitro benzene ring substituents is 1. The monoisotopic (exact) mass is 439 g/mol. The minimum absolute atomic E-state index is 0.0288.